The number of carbonyl (C=O) groups is 1. The Balaban J connectivity index is 1.58. The fourth-order valence-electron chi connectivity index (χ4n) is 3.86. The van der Waals surface area contributed by atoms with Crippen LogP contribution in [0.2, 0.25) is 0 Å². The number of hydrogen-bond acceptors (Lipinski definition) is 5. The molecule has 7 heteroatoms. The van der Waals surface area contributed by atoms with Gasteiger partial charge in [0.1, 0.15) is 11.3 Å². The summed E-state index contributed by atoms with van der Waals surface area (Å²) in [6, 6.07) is 4.19. The van der Waals surface area contributed by atoms with Crippen LogP contribution in [0, 0.1) is 0 Å². The molecule has 27 heavy (non-hydrogen) atoms. The molecule has 1 atom stereocenters. The van der Waals surface area contributed by atoms with Crippen LogP contribution < -0.4 is 5.32 Å². The third-order valence-electron chi connectivity index (χ3n) is 5.24. The van der Waals surface area contributed by atoms with Crippen molar-refractivity contribution in [2.24, 2.45) is 0 Å². The maximum Gasteiger partial charge on any atom is 0.220 e. The molecule has 0 saturated heterocycles. The molecule has 1 saturated carbocycles. The summed E-state index contributed by atoms with van der Waals surface area (Å²) in [7, 11) is 1.69. The van der Waals surface area contributed by atoms with Gasteiger partial charge >= 0.3 is 0 Å². The highest BCUT2D eigenvalue weighted by Gasteiger charge is 2.21. The van der Waals surface area contributed by atoms with Gasteiger partial charge in [-0.2, -0.15) is 0 Å². The lowest BCUT2D eigenvalue weighted by Crippen LogP contribution is -2.38. The summed E-state index contributed by atoms with van der Waals surface area (Å²) in [5.74, 6) is 1.03. The monoisotopic (exact) mass is 374 g/mol. The molecule has 0 aromatic carbocycles. The lowest BCUT2D eigenvalue weighted by atomic mass is 9.93. The number of ether oxygens (including phenoxy) is 1. The molecule has 0 aliphatic heterocycles. The van der Waals surface area contributed by atoms with Crippen LogP contribution in [0.15, 0.2) is 18.3 Å². The number of fused-ring (bicyclic) bond motifs is 1. The van der Waals surface area contributed by atoms with Crippen LogP contribution in [-0.2, 0) is 16.0 Å². The number of carbonyl (C=O) groups excluding carboxylic acids is 1. The smallest absolute Gasteiger partial charge is 0.220 e. The van der Waals surface area contributed by atoms with Gasteiger partial charge < -0.3 is 19.7 Å². The highest BCUT2D eigenvalue weighted by atomic mass is 16.5. The molecule has 148 valence electrons. The largest absolute Gasteiger partial charge is 0.393 e. The minimum Gasteiger partial charge on any atom is -0.393 e. The van der Waals surface area contributed by atoms with Gasteiger partial charge in [0, 0.05) is 32.2 Å². The number of hydrogen-bond donors (Lipinski definition) is 2. The fraction of sp³-hybridized carbons (Fsp3) is 0.650. The first-order valence-electron chi connectivity index (χ1n) is 9.86. The Morgan fingerprint density at radius 2 is 2.19 bits per heavy atom. The summed E-state index contributed by atoms with van der Waals surface area (Å²) in [5, 5.41) is 12.7. The molecule has 3 rings (SSSR count). The normalized spacial score (nSPS) is 21.3. The molecule has 0 spiro atoms. The summed E-state index contributed by atoms with van der Waals surface area (Å²) in [6.45, 7) is 2.68. The number of nitrogens with one attached hydrogen (secondary N) is 1. The standard InChI is InChI=1S/C20H30N4O3/c1-14(13-27-2)24-18(23-17-5-4-12-21-20(17)24)6-3-7-19(26)22-15-8-10-16(25)11-9-15/h4-5,12,14-16,25H,3,6-11,13H2,1-2H3,(H,22,26)/t14-,15?,16?/m0/s1. The van der Waals surface area contributed by atoms with Crippen molar-refractivity contribution in [2.75, 3.05) is 13.7 Å². The van der Waals surface area contributed by atoms with Gasteiger partial charge in [-0.05, 0) is 51.2 Å². The molecule has 2 heterocycles. The summed E-state index contributed by atoms with van der Waals surface area (Å²) in [4.78, 5) is 21.4. The van der Waals surface area contributed by atoms with Crippen LogP contribution in [0.5, 0.6) is 0 Å². The lowest BCUT2D eigenvalue weighted by molar-refractivity contribution is -0.122. The zero-order valence-corrected chi connectivity index (χ0v) is 16.2. The molecule has 1 aliphatic carbocycles. The Labute approximate surface area is 160 Å². The molecule has 2 N–H and O–H groups in total. The number of nitrogens with zero attached hydrogens (tertiary/aromatic N) is 3. The summed E-state index contributed by atoms with van der Waals surface area (Å²) < 4.78 is 7.43. The average Bonchev–Trinajstić information content (AvgIpc) is 3.02. The van der Waals surface area contributed by atoms with E-state index in [-0.39, 0.29) is 24.1 Å². The van der Waals surface area contributed by atoms with E-state index in [1.807, 2.05) is 12.1 Å². The number of imidazole rings is 1. The molecule has 1 fully saturated rings. The summed E-state index contributed by atoms with van der Waals surface area (Å²) in [5.41, 5.74) is 1.74. The van der Waals surface area contributed by atoms with E-state index in [0.29, 0.717) is 13.0 Å². The molecule has 0 unspecified atom stereocenters. The van der Waals surface area contributed by atoms with Crippen molar-refractivity contribution in [1.29, 1.82) is 0 Å². The number of aryl methyl sites for hydroxylation is 1. The highest BCUT2D eigenvalue weighted by molar-refractivity contribution is 5.76. The number of methoxy groups -OCH3 is 1. The summed E-state index contributed by atoms with van der Waals surface area (Å²) >= 11 is 0. The van der Waals surface area contributed by atoms with Crippen molar-refractivity contribution in [2.45, 2.75) is 70.1 Å². The van der Waals surface area contributed by atoms with Gasteiger partial charge in [0.05, 0.1) is 18.8 Å². The molecule has 2 aromatic heterocycles. The van der Waals surface area contributed by atoms with E-state index in [0.717, 1.165) is 55.5 Å². The first-order chi connectivity index (χ1) is 13.1. The first-order valence-corrected chi connectivity index (χ1v) is 9.86. The lowest BCUT2D eigenvalue weighted by Gasteiger charge is -2.26. The topological polar surface area (TPSA) is 89.3 Å². The number of aromatic nitrogens is 3. The van der Waals surface area contributed by atoms with Crippen LogP contribution in [0.4, 0.5) is 0 Å². The SMILES string of the molecule is COC[C@H](C)n1c(CCCC(=O)NC2CCC(O)CC2)nc2cccnc21. The zero-order valence-electron chi connectivity index (χ0n) is 16.2. The predicted octanol–water partition coefficient (Wildman–Crippen LogP) is 2.38. The van der Waals surface area contributed by atoms with Crippen molar-refractivity contribution >= 4 is 17.1 Å². The highest BCUT2D eigenvalue weighted by Crippen LogP contribution is 2.21. The van der Waals surface area contributed by atoms with Crippen molar-refractivity contribution < 1.29 is 14.6 Å². The summed E-state index contributed by atoms with van der Waals surface area (Å²) in [6.07, 6.45) is 6.80. The molecule has 1 aliphatic rings. The Hall–Kier alpha value is -1.99. The second kappa shape index (κ2) is 9.28. The Bertz CT molecular complexity index is 753. The van der Waals surface area contributed by atoms with E-state index in [2.05, 4.69) is 21.8 Å². The molecule has 0 radical (unpaired) electrons. The Morgan fingerprint density at radius 3 is 2.93 bits per heavy atom. The van der Waals surface area contributed by atoms with Gasteiger partial charge in [-0.1, -0.05) is 0 Å². The maximum atomic E-state index is 12.2. The van der Waals surface area contributed by atoms with Gasteiger partial charge in [0.2, 0.25) is 5.91 Å². The van der Waals surface area contributed by atoms with E-state index in [4.69, 9.17) is 9.72 Å². The Morgan fingerprint density at radius 1 is 1.41 bits per heavy atom. The van der Waals surface area contributed by atoms with Crippen LogP contribution in [0.1, 0.15) is 57.3 Å². The van der Waals surface area contributed by atoms with Crippen LogP contribution in [0.25, 0.3) is 11.2 Å². The molecule has 1 amide bonds. The van der Waals surface area contributed by atoms with Gasteiger partial charge in [0.25, 0.3) is 0 Å². The zero-order chi connectivity index (χ0) is 19.2. The van der Waals surface area contributed by atoms with Crippen molar-refractivity contribution in [3.63, 3.8) is 0 Å². The van der Waals surface area contributed by atoms with Gasteiger partial charge in [-0.25, -0.2) is 9.97 Å². The molecule has 7 nitrogen and oxygen atoms in total. The quantitative estimate of drug-likeness (QED) is 0.740. The molecular weight excluding hydrogens is 344 g/mol. The minimum absolute atomic E-state index is 0.0853. The first kappa shape index (κ1) is 19.8. The second-order valence-electron chi connectivity index (χ2n) is 7.48. The van der Waals surface area contributed by atoms with E-state index < -0.39 is 0 Å². The number of pyridine rings is 1. The van der Waals surface area contributed by atoms with E-state index in [1.165, 1.54) is 0 Å². The number of amides is 1. The number of rotatable bonds is 8. The Kier molecular flexibility index (Phi) is 6.79. The second-order valence-corrected chi connectivity index (χ2v) is 7.48. The van der Waals surface area contributed by atoms with Gasteiger partial charge in [0.15, 0.2) is 5.65 Å². The maximum absolute atomic E-state index is 12.2. The third kappa shape index (κ3) is 5.05. The molecular formula is C20H30N4O3. The van der Waals surface area contributed by atoms with E-state index >= 15 is 0 Å². The van der Waals surface area contributed by atoms with E-state index in [9.17, 15) is 9.90 Å². The van der Waals surface area contributed by atoms with Gasteiger partial charge in [-0.3, -0.25) is 4.79 Å². The van der Waals surface area contributed by atoms with Crippen molar-refractivity contribution in [3.05, 3.63) is 24.2 Å². The fourth-order valence-corrected chi connectivity index (χ4v) is 3.86. The van der Waals surface area contributed by atoms with Gasteiger partial charge in [-0.15, -0.1) is 0 Å². The third-order valence-corrected chi connectivity index (χ3v) is 5.24. The van der Waals surface area contributed by atoms with Crippen LogP contribution in [-0.4, -0.2) is 51.4 Å². The van der Waals surface area contributed by atoms with E-state index in [1.54, 1.807) is 13.3 Å². The predicted molar refractivity (Wildman–Crippen MR) is 103 cm³/mol. The van der Waals surface area contributed by atoms with Crippen LogP contribution >= 0.6 is 0 Å². The van der Waals surface area contributed by atoms with Crippen molar-refractivity contribution in [1.82, 2.24) is 19.9 Å². The van der Waals surface area contributed by atoms with Crippen LogP contribution in [0.3, 0.4) is 0 Å². The average molecular weight is 374 g/mol. The molecule has 2 aromatic rings. The number of aliphatic hydroxyl groups is 1. The van der Waals surface area contributed by atoms with Crippen molar-refractivity contribution in [3.8, 4) is 0 Å². The molecule has 0 bridgehead atoms. The minimum atomic E-state index is -0.200. The number of aliphatic hydroxyl groups excluding tert-OH is 1.